The van der Waals surface area contributed by atoms with Gasteiger partial charge in [0.15, 0.2) is 0 Å². The van der Waals surface area contributed by atoms with Crippen LogP contribution < -0.4 is 5.32 Å². The second-order valence-electron chi connectivity index (χ2n) is 7.06. The van der Waals surface area contributed by atoms with Gasteiger partial charge in [0.1, 0.15) is 0 Å². The molecule has 2 aliphatic heterocycles. The van der Waals surface area contributed by atoms with E-state index in [1.54, 1.807) is 0 Å². The highest BCUT2D eigenvalue weighted by Gasteiger charge is 2.31. The largest absolute Gasteiger partial charge is 0.339 e. The van der Waals surface area contributed by atoms with Crippen molar-refractivity contribution in [1.82, 2.24) is 15.1 Å². The number of aryl methyl sites for hydroxylation is 1. The van der Waals surface area contributed by atoms with Gasteiger partial charge in [-0.2, -0.15) is 0 Å². The molecule has 2 heterocycles. The van der Waals surface area contributed by atoms with Gasteiger partial charge >= 0.3 is 0 Å². The zero-order chi connectivity index (χ0) is 17.1. The predicted molar refractivity (Wildman–Crippen MR) is 101 cm³/mol. The Morgan fingerprint density at radius 1 is 1.04 bits per heavy atom. The lowest BCUT2D eigenvalue weighted by molar-refractivity contribution is -0.138. The van der Waals surface area contributed by atoms with Crippen LogP contribution in [0.5, 0.6) is 0 Å². The highest BCUT2D eigenvalue weighted by molar-refractivity contribution is 5.94. The second kappa shape index (κ2) is 8.68. The molecule has 3 rings (SSSR count). The third-order valence-electron chi connectivity index (χ3n) is 5.15. The SMILES string of the molecule is Cc1ccc(C(=O)N2CCN(C(=O)[C@H]3CCN[C@@H](C)C3)CC2)cc1.Cl. The minimum Gasteiger partial charge on any atom is -0.339 e. The molecule has 0 aliphatic carbocycles. The van der Waals surface area contributed by atoms with Gasteiger partial charge in [-0.1, -0.05) is 17.7 Å². The summed E-state index contributed by atoms with van der Waals surface area (Å²) in [7, 11) is 0. The Bertz CT molecular complexity index is 597. The van der Waals surface area contributed by atoms with E-state index in [9.17, 15) is 9.59 Å². The standard InChI is InChI=1S/C19H27N3O2.ClH/c1-14-3-5-16(6-4-14)18(23)21-9-11-22(12-10-21)19(24)17-7-8-20-15(2)13-17;/h3-6,15,17,20H,7-13H2,1-2H3;1H/t15-,17-;/m0./s1. The summed E-state index contributed by atoms with van der Waals surface area (Å²) in [6, 6.07) is 8.10. The summed E-state index contributed by atoms with van der Waals surface area (Å²) in [5.74, 6) is 0.476. The van der Waals surface area contributed by atoms with Gasteiger partial charge in [-0.25, -0.2) is 0 Å². The van der Waals surface area contributed by atoms with E-state index in [0.29, 0.717) is 32.2 Å². The molecule has 0 spiro atoms. The summed E-state index contributed by atoms with van der Waals surface area (Å²) >= 11 is 0. The number of nitrogens with zero attached hydrogens (tertiary/aromatic N) is 2. The number of amides is 2. The summed E-state index contributed by atoms with van der Waals surface area (Å²) in [5.41, 5.74) is 1.88. The predicted octanol–water partition coefficient (Wildman–Crippen LogP) is 2.09. The molecule has 0 aromatic heterocycles. The number of nitrogens with one attached hydrogen (secondary N) is 1. The summed E-state index contributed by atoms with van der Waals surface area (Å²) in [6.07, 6.45) is 1.84. The molecule has 0 unspecified atom stereocenters. The first-order valence-electron chi connectivity index (χ1n) is 8.92. The van der Waals surface area contributed by atoms with E-state index in [-0.39, 0.29) is 30.1 Å². The highest BCUT2D eigenvalue weighted by atomic mass is 35.5. The zero-order valence-electron chi connectivity index (χ0n) is 15.0. The van der Waals surface area contributed by atoms with Crippen LogP contribution in [0.1, 0.15) is 35.7 Å². The molecule has 2 saturated heterocycles. The summed E-state index contributed by atoms with van der Waals surface area (Å²) in [6.45, 7) is 7.61. The lowest BCUT2D eigenvalue weighted by Gasteiger charge is -2.38. The Kier molecular flexibility index (Phi) is 6.85. The molecule has 2 atom stereocenters. The number of carbonyl (C=O) groups is 2. The Morgan fingerprint density at radius 3 is 2.24 bits per heavy atom. The maximum Gasteiger partial charge on any atom is 0.253 e. The van der Waals surface area contributed by atoms with Gasteiger partial charge in [0.05, 0.1) is 0 Å². The van der Waals surface area contributed by atoms with Gasteiger partial charge in [-0.15, -0.1) is 12.4 Å². The monoisotopic (exact) mass is 365 g/mol. The van der Waals surface area contributed by atoms with Crippen LogP contribution in [0.25, 0.3) is 0 Å². The topological polar surface area (TPSA) is 52.7 Å². The molecule has 2 amide bonds. The number of carbonyl (C=O) groups excluding carboxylic acids is 2. The normalized spacial score (nSPS) is 23.8. The summed E-state index contributed by atoms with van der Waals surface area (Å²) < 4.78 is 0. The Labute approximate surface area is 156 Å². The van der Waals surface area contributed by atoms with Crippen molar-refractivity contribution < 1.29 is 9.59 Å². The number of piperazine rings is 1. The maximum atomic E-state index is 12.7. The van der Waals surface area contributed by atoms with Gasteiger partial charge in [-0.3, -0.25) is 9.59 Å². The number of benzene rings is 1. The third-order valence-corrected chi connectivity index (χ3v) is 5.15. The average molecular weight is 366 g/mol. The van der Waals surface area contributed by atoms with E-state index in [0.717, 1.165) is 30.5 Å². The lowest BCUT2D eigenvalue weighted by Crippen LogP contribution is -2.53. The quantitative estimate of drug-likeness (QED) is 0.873. The fourth-order valence-electron chi connectivity index (χ4n) is 3.62. The number of piperidine rings is 1. The highest BCUT2D eigenvalue weighted by Crippen LogP contribution is 2.20. The molecule has 2 fully saturated rings. The van der Waals surface area contributed by atoms with Crippen LogP contribution in [0.3, 0.4) is 0 Å². The van der Waals surface area contributed by atoms with Crippen LogP contribution in [0, 0.1) is 12.8 Å². The molecule has 2 aliphatic rings. The molecule has 0 bridgehead atoms. The van der Waals surface area contributed by atoms with Crippen molar-refractivity contribution in [1.29, 1.82) is 0 Å². The summed E-state index contributed by atoms with van der Waals surface area (Å²) in [5, 5.41) is 3.39. The van der Waals surface area contributed by atoms with Gasteiger partial charge < -0.3 is 15.1 Å². The molecular formula is C19H28ClN3O2. The molecule has 1 aromatic rings. The minimum absolute atomic E-state index is 0. The number of rotatable bonds is 2. The zero-order valence-corrected chi connectivity index (χ0v) is 15.8. The van der Waals surface area contributed by atoms with Crippen LogP contribution in [0.4, 0.5) is 0 Å². The molecular weight excluding hydrogens is 338 g/mol. The van der Waals surface area contributed by atoms with E-state index < -0.39 is 0 Å². The second-order valence-corrected chi connectivity index (χ2v) is 7.06. The Morgan fingerprint density at radius 2 is 1.64 bits per heavy atom. The van der Waals surface area contributed by atoms with Crippen molar-refractivity contribution in [2.24, 2.45) is 5.92 Å². The third kappa shape index (κ3) is 4.73. The van der Waals surface area contributed by atoms with Crippen LogP contribution in [-0.2, 0) is 4.79 Å². The molecule has 6 heteroatoms. The van der Waals surface area contributed by atoms with Crippen LogP contribution in [0.15, 0.2) is 24.3 Å². The van der Waals surface area contributed by atoms with Crippen molar-refractivity contribution in [3.05, 3.63) is 35.4 Å². The van der Waals surface area contributed by atoms with Gasteiger partial charge in [0.25, 0.3) is 5.91 Å². The minimum atomic E-state index is 0. The van der Waals surface area contributed by atoms with Gasteiger partial charge in [0, 0.05) is 43.7 Å². The van der Waals surface area contributed by atoms with E-state index in [2.05, 4.69) is 12.2 Å². The van der Waals surface area contributed by atoms with Crippen molar-refractivity contribution in [2.45, 2.75) is 32.7 Å². The Hall–Kier alpha value is -1.59. The number of hydrogen-bond donors (Lipinski definition) is 1. The first-order chi connectivity index (χ1) is 11.5. The van der Waals surface area contributed by atoms with Crippen molar-refractivity contribution in [3.8, 4) is 0 Å². The fraction of sp³-hybridized carbons (Fsp3) is 0.579. The molecule has 138 valence electrons. The lowest BCUT2D eigenvalue weighted by atomic mass is 9.92. The van der Waals surface area contributed by atoms with E-state index >= 15 is 0 Å². The molecule has 25 heavy (non-hydrogen) atoms. The van der Waals surface area contributed by atoms with Crippen LogP contribution in [-0.4, -0.2) is 60.4 Å². The van der Waals surface area contributed by atoms with Gasteiger partial charge in [0.2, 0.25) is 5.91 Å². The molecule has 0 radical (unpaired) electrons. The maximum absolute atomic E-state index is 12.7. The molecule has 1 aromatic carbocycles. The van der Waals surface area contributed by atoms with Crippen LogP contribution in [0.2, 0.25) is 0 Å². The number of halogens is 1. The smallest absolute Gasteiger partial charge is 0.253 e. The first-order valence-corrected chi connectivity index (χ1v) is 8.92. The van der Waals surface area contributed by atoms with Crippen molar-refractivity contribution in [2.75, 3.05) is 32.7 Å². The van der Waals surface area contributed by atoms with Crippen LogP contribution >= 0.6 is 12.4 Å². The fourth-order valence-corrected chi connectivity index (χ4v) is 3.62. The van der Waals surface area contributed by atoms with Crippen molar-refractivity contribution >= 4 is 24.2 Å². The van der Waals surface area contributed by atoms with Gasteiger partial charge in [-0.05, 0) is 45.4 Å². The number of hydrogen-bond acceptors (Lipinski definition) is 3. The molecule has 5 nitrogen and oxygen atoms in total. The first kappa shape index (κ1) is 19.7. The van der Waals surface area contributed by atoms with E-state index in [4.69, 9.17) is 0 Å². The molecule has 0 saturated carbocycles. The molecule has 1 N–H and O–H groups in total. The van der Waals surface area contributed by atoms with E-state index in [1.165, 1.54) is 0 Å². The van der Waals surface area contributed by atoms with Crippen molar-refractivity contribution in [3.63, 3.8) is 0 Å². The Balaban J connectivity index is 0.00000225. The van der Waals surface area contributed by atoms with E-state index in [1.807, 2.05) is 41.0 Å². The average Bonchev–Trinajstić information content (AvgIpc) is 2.61. The summed E-state index contributed by atoms with van der Waals surface area (Å²) in [4.78, 5) is 29.0.